The maximum Gasteiger partial charge on any atom is 0.123 e. The van der Waals surface area contributed by atoms with Gasteiger partial charge < -0.3 is 9.40 Å². The first-order valence-electron chi connectivity index (χ1n) is 6.13. The molecule has 2 aromatic heterocycles. The van der Waals surface area contributed by atoms with Gasteiger partial charge in [-0.1, -0.05) is 13.8 Å². The third-order valence-electron chi connectivity index (χ3n) is 2.95. The molecule has 4 nitrogen and oxygen atoms in total. The highest BCUT2D eigenvalue weighted by molar-refractivity contribution is 5.06. The van der Waals surface area contributed by atoms with E-state index in [-0.39, 0.29) is 12.1 Å². The van der Waals surface area contributed by atoms with Crippen molar-refractivity contribution in [3.8, 4) is 0 Å². The maximum absolute atomic E-state index is 5.46. The van der Waals surface area contributed by atoms with Gasteiger partial charge in [-0.25, -0.2) is 4.98 Å². The van der Waals surface area contributed by atoms with E-state index in [1.165, 1.54) is 0 Å². The lowest BCUT2D eigenvalue weighted by Gasteiger charge is -2.21. The highest BCUT2D eigenvalue weighted by atomic mass is 16.3. The number of imidazole rings is 1. The number of nitrogens with one attached hydrogen (secondary N) is 2. The lowest BCUT2D eigenvalue weighted by Crippen LogP contribution is -2.26. The van der Waals surface area contributed by atoms with Crippen LogP contribution >= 0.6 is 0 Å². The fourth-order valence-corrected chi connectivity index (χ4v) is 1.99. The van der Waals surface area contributed by atoms with Crippen molar-refractivity contribution < 1.29 is 4.42 Å². The van der Waals surface area contributed by atoms with E-state index >= 15 is 0 Å². The van der Waals surface area contributed by atoms with Crippen LogP contribution in [0.15, 0.2) is 35.2 Å². The molecule has 92 valence electrons. The zero-order chi connectivity index (χ0) is 12.1. The maximum atomic E-state index is 5.46. The average molecular weight is 233 g/mol. The van der Waals surface area contributed by atoms with E-state index in [0.717, 1.165) is 24.4 Å². The summed E-state index contributed by atoms with van der Waals surface area (Å²) in [4.78, 5) is 7.47. The van der Waals surface area contributed by atoms with Gasteiger partial charge in [-0.15, -0.1) is 0 Å². The van der Waals surface area contributed by atoms with Crippen LogP contribution in [0.2, 0.25) is 0 Å². The third kappa shape index (κ3) is 2.77. The Hall–Kier alpha value is -1.55. The van der Waals surface area contributed by atoms with Gasteiger partial charge in [-0.05, 0) is 25.0 Å². The molecule has 0 bridgehead atoms. The Morgan fingerprint density at radius 1 is 1.35 bits per heavy atom. The van der Waals surface area contributed by atoms with Crippen molar-refractivity contribution in [2.45, 2.75) is 38.8 Å². The summed E-state index contributed by atoms with van der Waals surface area (Å²) in [5, 5.41) is 3.57. The summed E-state index contributed by atoms with van der Waals surface area (Å²) < 4.78 is 5.46. The number of H-pyrrole nitrogens is 1. The van der Waals surface area contributed by atoms with Crippen LogP contribution in [-0.2, 0) is 0 Å². The standard InChI is InChI=1S/C13H19N3O/c1-3-10(12-6-5-9-17-12)16-11(4-2)13-14-7-8-15-13/h5-11,16H,3-4H2,1-2H3,(H,14,15). The van der Waals surface area contributed by atoms with Crippen molar-refractivity contribution in [1.82, 2.24) is 15.3 Å². The minimum Gasteiger partial charge on any atom is -0.468 e. The van der Waals surface area contributed by atoms with Gasteiger partial charge in [-0.3, -0.25) is 5.32 Å². The Kier molecular flexibility index (Phi) is 3.98. The first kappa shape index (κ1) is 11.9. The highest BCUT2D eigenvalue weighted by Gasteiger charge is 2.18. The van der Waals surface area contributed by atoms with E-state index in [4.69, 9.17) is 4.42 Å². The van der Waals surface area contributed by atoms with Gasteiger partial charge in [-0.2, -0.15) is 0 Å². The summed E-state index contributed by atoms with van der Waals surface area (Å²) in [6, 6.07) is 4.41. The third-order valence-corrected chi connectivity index (χ3v) is 2.95. The number of furan rings is 1. The lowest BCUT2D eigenvalue weighted by atomic mass is 10.1. The molecule has 2 unspecified atom stereocenters. The molecular formula is C13H19N3O. The van der Waals surface area contributed by atoms with Crippen LogP contribution < -0.4 is 5.32 Å². The molecule has 0 amide bonds. The molecule has 0 aliphatic carbocycles. The number of hydrogen-bond donors (Lipinski definition) is 2. The van der Waals surface area contributed by atoms with Gasteiger partial charge in [0.25, 0.3) is 0 Å². The SMILES string of the molecule is CCC(NC(CC)c1ccco1)c1ncc[nH]1. The molecule has 2 atom stereocenters. The number of nitrogens with zero attached hydrogens (tertiary/aromatic N) is 1. The minimum absolute atomic E-state index is 0.236. The molecule has 4 heteroatoms. The molecule has 17 heavy (non-hydrogen) atoms. The predicted octanol–water partition coefficient (Wildman–Crippen LogP) is 3.19. The van der Waals surface area contributed by atoms with Crippen LogP contribution in [0.25, 0.3) is 0 Å². The second-order valence-corrected chi connectivity index (χ2v) is 4.08. The summed E-state index contributed by atoms with van der Waals surface area (Å²) in [7, 11) is 0. The smallest absolute Gasteiger partial charge is 0.123 e. The van der Waals surface area contributed by atoms with E-state index in [0.29, 0.717) is 0 Å². The molecule has 2 N–H and O–H groups in total. The number of aromatic nitrogens is 2. The summed E-state index contributed by atoms with van der Waals surface area (Å²) in [6.45, 7) is 4.30. The van der Waals surface area contributed by atoms with Crippen molar-refractivity contribution in [3.05, 3.63) is 42.4 Å². The van der Waals surface area contributed by atoms with Gasteiger partial charge >= 0.3 is 0 Å². The molecule has 0 radical (unpaired) electrons. The molecule has 0 saturated heterocycles. The van der Waals surface area contributed by atoms with Crippen molar-refractivity contribution in [2.75, 3.05) is 0 Å². The average Bonchev–Trinajstić information content (AvgIpc) is 3.03. The van der Waals surface area contributed by atoms with Crippen LogP contribution in [0.4, 0.5) is 0 Å². The second kappa shape index (κ2) is 5.68. The normalized spacial score (nSPS) is 14.7. The molecule has 2 aromatic rings. The molecule has 0 spiro atoms. The predicted molar refractivity (Wildman–Crippen MR) is 66.5 cm³/mol. The molecule has 0 fully saturated rings. The molecule has 0 aliphatic rings. The van der Waals surface area contributed by atoms with E-state index in [1.54, 1.807) is 12.5 Å². The van der Waals surface area contributed by atoms with Crippen LogP contribution in [0.1, 0.15) is 50.4 Å². The second-order valence-electron chi connectivity index (χ2n) is 4.08. The monoisotopic (exact) mass is 233 g/mol. The fourth-order valence-electron chi connectivity index (χ4n) is 1.99. The van der Waals surface area contributed by atoms with Crippen LogP contribution in [0, 0.1) is 0 Å². The van der Waals surface area contributed by atoms with Crippen molar-refractivity contribution in [2.24, 2.45) is 0 Å². The Morgan fingerprint density at radius 3 is 2.71 bits per heavy atom. The number of rotatable bonds is 6. The molecule has 0 aliphatic heterocycles. The van der Waals surface area contributed by atoms with E-state index in [9.17, 15) is 0 Å². The minimum atomic E-state index is 0.236. The van der Waals surface area contributed by atoms with Crippen LogP contribution in [0.5, 0.6) is 0 Å². The topological polar surface area (TPSA) is 53.9 Å². The number of aromatic amines is 1. The van der Waals surface area contributed by atoms with E-state index < -0.39 is 0 Å². The summed E-state index contributed by atoms with van der Waals surface area (Å²) in [6.07, 6.45) is 7.34. The zero-order valence-electron chi connectivity index (χ0n) is 10.3. The molecule has 2 rings (SSSR count). The van der Waals surface area contributed by atoms with Crippen molar-refractivity contribution in [3.63, 3.8) is 0 Å². The van der Waals surface area contributed by atoms with Gasteiger partial charge in [0, 0.05) is 12.4 Å². The van der Waals surface area contributed by atoms with Crippen molar-refractivity contribution in [1.29, 1.82) is 0 Å². The molecular weight excluding hydrogens is 214 g/mol. The van der Waals surface area contributed by atoms with E-state index in [1.807, 2.05) is 18.3 Å². The largest absolute Gasteiger partial charge is 0.468 e. The molecule has 0 saturated carbocycles. The first-order valence-corrected chi connectivity index (χ1v) is 6.13. The Bertz CT molecular complexity index is 368. The summed E-state index contributed by atoms with van der Waals surface area (Å²) >= 11 is 0. The zero-order valence-corrected chi connectivity index (χ0v) is 10.3. The molecule has 0 aromatic carbocycles. The quantitative estimate of drug-likeness (QED) is 0.805. The van der Waals surface area contributed by atoms with Gasteiger partial charge in [0.05, 0.1) is 18.3 Å². The fraction of sp³-hybridized carbons (Fsp3) is 0.462. The van der Waals surface area contributed by atoms with Gasteiger partial charge in [0.1, 0.15) is 11.6 Å². The highest BCUT2D eigenvalue weighted by Crippen LogP contribution is 2.22. The summed E-state index contributed by atoms with van der Waals surface area (Å²) in [5.74, 6) is 1.97. The van der Waals surface area contributed by atoms with Crippen molar-refractivity contribution >= 4 is 0 Å². The van der Waals surface area contributed by atoms with Gasteiger partial charge in [0.2, 0.25) is 0 Å². The lowest BCUT2D eigenvalue weighted by molar-refractivity contribution is 0.355. The Morgan fingerprint density at radius 2 is 2.18 bits per heavy atom. The Balaban J connectivity index is 2.07. The van der Waals surface area contributed by atoms with E-state index in [2.05, 4.69) is 29.1 Å². The Labute approximate surface area is 101 Å². The molecule has 2 heterocycles. The van der Waals surface area contributed by atoms with Crippen LogP contribution in [-0.4, -0.2) is 9.97 Å². The van der Waals surface area contributed by atoms with Gasteiger partial charge in [0.15, 0.2) is 0 Å². The van der Waals surface area contributed by atoms with Crippen LogP contribution in [0.3, 0.4) is 0 Å². The summed E-state index contributed by atoms with van der Waals surface area (Å²) in [5.41, 5.74) is 0. The first-order chi connectivity index (χ1) is 8.35. The number of hydrogen-bond acceptors (Lipinski definition) is 3.